The highest BCUT2D eigenvalue weighted by molar-refractivity contribution is 5.76. The van der Waals surface area contributed by atoms with Crippen LogP contribution >= 0.6 is 0 Å². The molecule has 19 heavy (non-hydrogen) atoms. The number of benzene rings is 1. The van der Waals surface area contributed by atoms with Crippen LogP contribution in [0.3, 0.4) is 0 Å². The van der Waals surface area contributed by atoms with Gasteiger partial charge in [0.2, 0.25) is 5.91 Å². The molecule has 1 amide bonds. The second-order valence-corrected chi connectivity index (χ2v) is 5.41. The number of hydrogen-bond acceptors (Lipinski definition) is 3. The summed E-state index contributed by atoms with van der Waals surface area (Å²) in [5, 5.41) is 3.53. The first-order valence-electron chi connectivity index (χ1n) is 6.82. The Balaban J connectivity index is 1.93. The van der Waals surface area contributed by atoms with Crippen molar-refractivity contribution in [3.8, 4) is 0 Å². The van der Waals surface area contributed by atoms with Crippen LogP contribution in [0.1, 0.15) is 32.3 Å². The summed E-state index contributed by atoms with van der Waals surface area (Å²) < 4.78 is 5.73. The van der Waals surface area contributed by atoms with Gasteiger partial charge in [-0.2, -0.15) is 0 Å². The van der Waals surface area contributed by atoms with E-state index in [1.54, 1.807) is 0 Å². The molecule has 104 valence electrons. The van der Waals surface area contributed by atoms with Gasteiger partial charge in [-0.3, -0.25) is 4.79 Å². The van der Waals surface area contributed by atoms with E-state index in [2.05, 4.69) is 19.2 Å². The van der Waals surface area contributed by atoms with Gasteiger partial charge in [-0.05, 0) is 44.4 Å². The fourth-order valence-corrected chi connectivity index (χ4v) is 2.68. The lowest BCUT2D eigenvalue weighted by Crippen LogP contribution is -2.36. The molecule has 4 nitrogen and oxygen atoms in total. The number of carbonyl (C=O) groups excluding carboxylic acids is 1. The van der Waals surface area contributed by atoms with Crippen LogP contribution in [-0.2, 0) is 16.0 Å². The van der Waals surface area contributed by atoms with Gasteiger partial charge in [0.05, 0.1) is 18.6 Å². The van der Waals surface area contributed by atoms with Gasteiger partial charge in [0, 0.05) is 11.7 Å². The molecule has 3 N–H and O–H groups in total. The summed E-state index contributed by atoms with van der Waals surface area (Å²) in [6, 6.07) is 8.34. The lowest BCUT2D eigenvalue weighted by Gasteiger charge is -2.33. The Morgan fingerprint density at radius 2 is 1.84 bits per heavy atom. The van der Waals surface area contributed by atoms with Crippen molar-refractivity contribution in [2.45, 2.75) is 51.4 Å². The van der Waals surface area contributed by atoms with E-state index < -0.39 is 0 Å². The predicted molar refractivity (Wildman–Crippen MR) is 76.0 cm³/mol. The maximum absolute atomic E-state index is 10.8. The Morgan fingerprint density at radius 3 is 2.37 bits per heavy atom. The maximum atomic E-state index is 10.8. The number of anilines is 1. The van der Waals surface area contributed by atoms with E-state index in [9.17, 15) is 4.79 Å². The van der Waals surface area contributed by atoms with Crippen molar-refractivity contribution >= 4 is 11.6 Å². The van der Waals surface area contributed by atoms with Crippen LogP contribution in [0.5, 0.6) is 0 Å². The molecule has 1 aliphatic rings. The van der Waals surface area contributed by atoms with Crippen LogP contribution in [0.25, 0.3) is 0 Å². The Morgan fingerprint density at radius 1 is 1.26 bits per heavy atom. The van der Waals surface area contributed by atoms with Crippen molar-refractivity contribution in [3.63, 3.8) is 0 Å². The lowest BCUT2D eigenvalue weighted by molar-refractivity contribution is -0.117. The monoisotopic (exact) mass is 262 g/mol. The molecule has 1 fully saturated rings. The van der Waals surface area contributed by atoms with E-state index in [4.69, 9.17) is 10.5 Å². The van der Waals surface area contributed by atoms with Gasteiger partial charge in [0.1, 0.15) is 0 Å². The molecule has 0 saturated carbocycles. The van der Waals surface area contributed by atoms with Crippen molar-refractivity contribution in [2.24, 2.45) is 5.73 Å². The summed E-state index contributed by atoms with van der Waals surface area (Å²) in [4.78, 5) is 10.8. The molecule has 2 unspecified atom stereocenters. The van der Waals surface area contributed by atoms with E-state index in [0.29, 0.717) is 24.7 Å². The summed E-state index contributed by atoms with van der Waals surface area (Å²) in [7, 11) is 0. The quantitative estimate of drug-likeness (QED) is 0.873. The van der Waals surface area contributed by atoms with Crippen molar-refractivity contribution in [2.75, 3.05) is 5.32 Å². The minimum absolute atomic E-state index is 0.297. The molecule has 1 aromatic carbocycles. The molecule has 0 aliphatic carbocycles. The molecule has 1 heterocycles. The first kappa shape index (κ1) is 13.9. The molecule has 1 aliphatic heterocycles. The van der Waals surface area contributed by atoms with Gasteiger partial charge in [-0.15, -0.1) is 0 Å². The minimum atomic E-state index is -0.298. The molecule has 1 saturated heterocycles. The molecule has 0 bridgehead atoms. The largest absolute Gasteiger partial charge is 0.382 e. The molecular weight excluding hydrogens is 240 g/mol. The van der Waals surface area contributed by atoms with Crippen molar-refractivity contribution in [1.29, 1.82) is 0 Å². The van der Waals surface area contributed by atoms with Crippen LogP contribution in [0, 0.1) is 0 Å². The second kappa shape index (κ2) is 6.06. The van der Waals surface area contributed by atoms with Gasteiger partial charge >= 0.3 is 0 Å². The van der Waals surface area contributed by atoms with E-state index in [1.165, 1.54) is 0 Å². The Bertz CT molecular complexity index is 420. The standard InChI is InChI=1S/C15H22N2O2/c1-10-7-14(8-11(2)19-10)17-13-5-3-12(4-6-13)9-15(16)18/h3-6,10-11,14,17H,7-9H2,1-2H3,(H2,16,18). The van der Waals surface area contributed by atoms with Gasteiger partial charge in [-0.25, -0.2) is 0 Å². The second-order valence-electron chi connectivity index (χ2n) is 5.41. The van der Waals surface area contributed by atoms with Crippen LogP contribution in [-0.4, -0.2) is 24.2 Å². The normalized spacial score (nSPS) is 26.9. The number of hydrogen-bond donors (Lipinski definition) is 2. The molecule has 0 radical (unpaired) electrons. The van der Waals surface area contributed by atoms with Crippen LogP contribution in [0.4, 0.5) is 5.69 Å². The fourth-order valence-electron chi connectivity index (χ4n) is 2.68. The van der Waals surface area contributed by atoms with E-state index in [-0.39, 0.29) is 5.91 Å². The lowest BCUT2D eigenvalue weighted by atomic mass is 9.99. The SMILES string of the molecule is CC1CC(Nc2ccc(CC(N)=O)cc2)CC(C)O1. The number of carbonyl (C=O) groups is 1. The number of nitrogens with one attached hydrogen (secondary N) is 1. The molecule has 0 spiro atoms. The Kier molecular flexibility index (Phi) is 4.43. The predicted octanol–water partition coefficient (Wildman–Crippen LogP) is 2.08. The number of nitrogens with two attached hydrogens (primary N) is 1. The van der Waals surface area contributed by atoms with Crippen LogP contribution in [0.15, 0.2) is 24.3 Å². The zero-order chi connectivity index (χ0) is 13.8. The summed E-state index contributed by atoms with van der Waals surface area (Å²) in [6.45, 7) is 4.22. The average molecular weight is 262 g/mol. The van der Waals surface area contributed by atoms with Gasteiger partial charge < -0.3 is 15.8 Å². The summed E-state index contributed by atoms with van der Waals surface area (Å²) >= 11 is 0. The highest BCUT2D eigenvalue weighted by Crippen LogP contribution is 2.22. The molecule has 2 rings (SSSR count). The minimum Gasteiger partial charge on any atom is -0.382 e. The highest BCUT2D eigenvalue weighted by atomic mass is 16.5. The van der Waals surface area contributed by atoms with Gasteiger partial charge in [-0.1, -0.05) is 12.1 Å². The zero-order valence-corrected chi connectivity index (χ0v) is 11.6. The summed E-state index contributed by atoms with van der Waals surface area (Å²) in [5.74, 6) is -0.298. The average Bonchev–Trinajstić information content (AvgIpc) is 2.29. The first-order valence-corrected chi connectivity index (χ1v) is 6.82. The molecule has 0 aromatic heterocycles. The number of amides is 1. The maximum Gasteiger partial charge on any atom is 0.221 e. The highest BCUT2D eigenvalue weighted by Gasteiger charge is 2.24. The zero-order valence-electron chi connectivity index (χ0n) is 11.6. The van der Waals surface area contributed by atoms with Crippen LogP contribution in [0.2, 0.25) is 0 Å². The molecule has 1 aromatic rings. The summed E-state index contributed by atoms with van der Waals surface area (Å²) in [6.07, 6.45) is 2.94. The number of ether oxygens (including phenoxy) is 1. The Hall–Kier alpha value is -1.55. The van der Waals surface area contributed by atoms with Crippen LogP contribution < -0.4 is 11.1 Å². The summed E-state index contributed by atoms with van der Waals surface area (Å²) in [5.41, 5.74) is 7.21. The molecule has 4 heteroatoms. The third-order valence-corrected chi connectivity index (χ3v) is 3.40. The smallest absolute Gasteiger partial charge is 0.221 e. The molecular formula is C15H22N2O2. The van der Waals surface area contributed by atoms with E-state index in [0.717, 1.165) is 24.1 Å². The van der Waals surface area contributed by atoms with Crippen molar-refractivity contribution in [1.82, 2.24) is 0 Å². The number of rotatable bonds is 4. The third-order valence-electron chi connectivity index (χ3n) is 3.40. The third kappa shape index (κ3) is 4.24. The number of primary amides is 1. The topological polar surface area (TPSA) is 64.3 Å². The first-order chi connectivity index (χ1) is 9.02. The Labute approximate surface area is 114 Å². The van der Waals surface area contributed by atoms with Gasteiger partial charge in [0.25, 0.3) is 0 Å². The van der Waals surface area contributed by atoms with Crippen molar-refractivity contribution < 1.29 is 9.53 Å². The fraction of sp³-hybridized carbons (Fsp3) is 0.533. The van der Waals surface area contributed by atoms with E-state index >= 15 is 0 Å². The molecule has 2 atom stereocenters. The van der Waals surface area contributed by atoms with Gasteiger partial charge in [0.15, 0.2) is 0 Å². The van der Waals surface area contributed by atoms with E-state index in [1.807, 2.05) is 24.3 Å². The van der Waals surface area contributed by atoms with Crippen molar-refractivity contribution in [3.05, 3.63) is 29.8 Å².